The zero-order valence-electron chi connectivity index (χ0n) is 11.8. The molecule has 1 amide bonds. The first kappa shape index (κ1) is 14.8. The Balaban J connectivity index is 2.02. The van der Waals surface area contributed by atoms with Gasteiger partial charge in [-0.05, 0) is 36.2 Å². The standard InChI is InChI=1S/C16H14ClFN2O2/c1-20-15-9(7-12(19)16(20)21)3-2-4-14(15)22-13-6-5-10(18)8-11(13)17/h2-6,8,12H,7,19H2,1H3/t12-/m1/s1. The SMILES string of the molecule is CN1C(=O)[C@H](N)Cc2cccc(Oc3ccc(F)cc3Cl)c21. The van der Waals surface area contributed by atoms with Crippen molar-refractivity contribution in [1.29, 1.82) is 0 Å². The van der Waals surface area contributed by atoms with E-state index >= 15 is 0 Å². The topological polar surface area (TPSA) is 55.6 Å². The zero-order valence-corrected chi connectivity index (χ0v) is 12.6. The molecule has 2 aromatic rings. The van der Waals surface area contributed by atoms with Crippen molar-refractivity contribution < 1.29 is 13.9 Å². The van der Waals surface area contributed by atoms with Crippen molar-refractivity contribution in [1.82, 2.24) is 0 Å². The number of hydrogen-bond donors (Lipinski definition) is 1. The highest BCUT2D eigenvalue weighted by Crippen LogP contribution is 2.39. The Kier molecular flexibility index (Phi) is 3.76. The minimum Gasteiger partial charge on any atom is -0.454 e. The number of ether oxygens (including phenoxy) is 1. The predicted molar refractivity (Wildman–Crippen MR) is 83.0 cm³/mol. The monoisotopic (exact) mass is 320 g/mol. The van der Waals surface area contributed by atoms with Gasteiger partial charge in [-0.2, -0.15) is 0 Å². The van der Waals surface area contributed by atoms with Crippen LogP contribution >= 0.6 is 11.6 Å². The highest BCUT2D eigenvalue weighted by molar-refractivity contribution is 6.32. The Bertz CT molecular complexity index is 751. The maximum absolute atomic E-state index is 13.1. The molecular formula is C16H14ClFN2O2. The Morgan fingerprint density at radius 2 is 2.09 bits per heavy atom. The van der Waals surface area contributed by atoms with Crippen LogP contribution in [0.1, 0.15) is 5.56 Å². The third kappa shape index (κ3) is 2.53. The second-order valence-corrected chi connectivity index (χ2v) is 5.56. The Morgan fingerprint density at radius 1 is 1.32 bits per heavy atom. The third-order valence-corrected chi connectivity index (χ3v) is 3.91. The van der Waals surface area contributed by atoms with Gasteiger partial charge in [0.25, 0.3) is 0 Å². The first-order valence-electron chi connectivity index (χ1n) is 6.75. The van der Waals surface area contributed by atoms with Gasteiger partial charge in [0.2, 0.25) is 5.91 Å². The number of para-hydroxylation sites is 1. The molecule has 2 aromatic carbocycles. The normalized spacial score (nSPS) is 17.4. The summed E-state index contributed by atoms with van der Waals surface area (Å²) in [7, 11) is 1.65. The van der Waals surface area contributed by atoms with Crippen molar-refractivity contribution in [3.8, 4) is 11.5 Å². The second kappa shape index (κ2) is 5.59. The van der Waals surface area contributed by atoms with Crippen molar-refractivity contribution in [2.75, 3.05) is 11.9 Å². The summed E-state index contributed by atoms with van der Waals surface area (Å²) in [6.45, 7) is 0. The van der Waals surface area contributed by atoms with Gasteiger partial charge in [-0.25, -0.2) is 4.39 Å². The van der Waals surface area contributed by atoms with Crippen molar-refractivity contribution in [3.05, 3.63) is 52.8 Å². The summed E-state index contributed by atoms with van der Waals surface area (Å²) in [5.74, 6) is 0.195. The van der Waals surface area contributed by atoms with Gasteiger partial charge in [-0.15, -0.1) is 0 Å². The molecule has 0 spiro atoms. The second-order valence-electron chi connectivity index (χ2n) is 5.15. The average molecular weight is 321 g/mol. The highest BCUT2D eigenvalue weighted by atomic mass is 35.5. The molecule has 0 aliphatic carbocycles. The molecule has 1 aliphatic rings. The van der Waals surface area contributed by atoms with E-state index in [9.17, 15) is 9.18 Å². The molecule has 2 N–H and O–H groups in total. The fourth-order valence-electron chi connectivity index (χ4n) is 2.56. The highest BCUT2D eigenvalue weighted by Gasteiger charge is 2.30. The van der Waals surface area contributed by atoms with E-state index in [2.05, 4.69) is 0 Å². The van der Waals surface area contributed by atoms with Crippen LogP contribution in [0.3, 0.4) is 0 Å². The molecular weight excluding hydrogens is 307 g/mol. The molecule has 6 heteroatoms. The summed E-state index contributed by atoms with van der Waals surface area (Å²) in [4.78, 5) is 13.6. The summed E-state index contributed by atoms with van der Waals surface area (Å²) in [6, 6.07) is 8.80. The van der Waals surface area contributed by atoms with Crippen LogP contribution < -0.4 is 15.4 Å². The molecule has 22 heavy (non-hydrogen) atoms. The molecule has 0 radical (unpaired) electrons. The first-order valence-corrected chi connectivity index (χ1v) is 7.13. The van der Waals surface area contributed by atoms with E-state index in [1.807, 2.05) is 12.1 Å². The number of rotatable bonds is 2. The molecule has 1 heterocycles. The molecule has 1 atom stereocenters. The number of benzene rings is 2. The quantitative estimate of drug-likeness (QED) is 0.925. The summed E-state index contributed by atoms with van der Waals surface area (Å²) < 4.78 is 18.9. The summed E-state index contributed by atoms with van der Waals surface area (Å²) in [5, 5.41) is 0.166. The maximum Gasteiger partial charge on any atom is 0.244 e. The van der Waals surface area contributed by atoms with Gasteiger partial charge in [0.15, 0.2) is 5.75 Å². The molecule has 3 rings (SSSR count). The maximum atomic E-state index is 13.1. The summed E-state index contributed by atoms with van der Waals surface area (Å²) >= 11 is 5.99. The van der Waals surface area contributed by atoms with E-state index in [-0.39, 0.29) is 10.9 Å². The summed E-state index contributed by atoms with van der Waals surface area (Å²) in [6.07, 6.45) is 0.451. The summed E-state index contributed by atoms with van der Waals surface area (Å²) in [5.41, 5.74) is 7.42. The predicted octanol–water partition coefficient (Wildman–Crippen LogP) is 3.12. The molecule has 4 nitrogen and oxygen atoms in total. The van der Waals surface area contributed by atoms with Crippen LogP contribution in [0.2, 0.25) is 5.02 Å². The van der Waals surface area contributed by atoms with Gasteiger partial charge in [0.05, 0.1) is 16.8 Å². The van der Waals surface area contributed by atoms with Crippen LogP contribution in [-0.4, -0.2) is 19.0 Å². The van der Waals surface area contributed by atoms with Gasteiger partial charge in [-0.3, -0.25) is 4.79 Å². The number of nitrogens with zero attached hydrogens (tertiary/aromatic N) is 1. The molecule has 1 aliphatic heterocycles. The molecule has 0 aromatic heterocycles. The lowest BCUT2D eigenvalue weighted by Crippen LogP contribution is -2.47. The number of hydrogen-bond acceptors (Lipinski definition) is 3. The van der Waals surface area contributed by atoms with Gasteiger partial charge in [0, 0.05) is 7.05 Å². The van der Waals surface area contributed by atoms with Crippen LogP contribution in [0.15, 0.2) is 36.4 Å². The number of likely N-dealkylation sites (N-methyl/N-ethyl adjacent to an activating group) is 1. The van der Waals surface area contributed by atoms with Crippen molar-refractivity contribution in [3.63, 3.8) is 0 Å². The van der Waals surface area contributed by atoms with E-state index < -0.39 is 11.9 Å². The third-order valence-electron chi connectivity index (χ3n) is 3.62. The van der Waals surface area contributed by atoms with Gasteiger partial charge in [0.1, 0.15) is 11.6 Å². The number of nitrogens with two attached hydrogens (primary N) is 1. The Hall–Kier alpha value is -2.11. The lowest BCUT2D eigenvalue weighted by atomic mass is 9.97. The molecule has 0 saturated heterocycles. The Morgan fingerprint density at radius 3 is 2.82 bits per heavy atom. The number of halogens is 2. The van der Waals surface area contributed by atoms with Crippen molar-refractivity contribution in [2.45, 2.75) is 12.5 Å². The minimum atomic E-state index is -0.554. The number of fused-ring (bicyclic) bond motifs is 1. The number of amides is 1. The van der Waals surface area contributed by atoms with Crippen LogP contribution in [0.5, 0.6) is 11.5 Å². The van der Waals surface area contributed by atoms with Gasteiger partial charge in [-0.1, -0.05) is 23.7 Å². The average Bonchev–Trinajstić information content (AvgIpc) is 2.47. The number of carbonyl (C=O) groups excluding carboxylic acids is 1. The van der Waals surface area contributed by atoms with E-state index in [4.69, 9.17) is 22.1 Å². The van der Waals surface area contributed by atoms with E-state index in [1.54, 1.807) is 13.1 Å². The van der Waals surface area contributed by atoms with Crippen LogP contribution in [0.25, 0.3) is 0 Å². The lowest BCUT2D eigenvalue weighted by Gasteiger charge is -2.31. The smallest absolute Gasteiger partial charge is 0.244 e. The number of carbonyl (C=O) groups is 1. The molecule has 0 fully saturated rings. The van der Waals surface area contributed by atoms with Gasteiger partial charge >= 0.3 is 0 Å². The van der Waals surface area contributed by atoms with Crippen molar-refractivity contribution >= 4 is 23.2 Å². The fraction of sp³-hybridized carbons (Fsp3) is 0.188. The lowest BCUT2D eigenvalue weighted by molar-refractivity contribution is -0.119. The minimum absolute atomic E-state index is 0.166. The van der Waals surface area contributed by atoms with E-state index in [1.165, 1.54) is 23.1 Å². The van der Waals surface area contributed by atoms with Crippen LogP contribution in [-0.2, 0) is 11.2 Å². The first-order chi connectivity index (χ1) is 10.5. The largest absolute Gasteiger partial charge is 0.454 e. The molecule has 114 valence electrons. The van der Waals surface area contributed by atoms with Crippen LogP contribution in [0.4, 0.5) is 10.1 Å². The zero-order chi connectivity index (χ0) is 15.9. The molecule has 0 unspecified atom stereocenters. The van der Waals surface area contributed by atoms with Crippen LogP contribution in [0, 0.1) is 5.82 Å². The van der Waals surface area contributed by atoms with E-state index in [0.29, 0.717) is 23.6 Å². The van der Waals surface area contributed by atoms with Gasteiger partial charge < -0.3 is 15.4 Å². The fourth-order valence-corrected chi connectivity index (χ4v) is 2.76. The Labute approximate surface area is 132 Å². The molecule has 0 saturated carbocycles. The number of anilines is 1. The van der Waals surface area contributed by atoms with E-state index in [0.717, 1.165) is 5.56 Å². The van der Waals surface area contributed by atoms with Crippen molar-refractivity contribution in [2.24, 2.45) is 5.73 Å². The molecule has 0 bridgehead atoms.